The van der Waals surface area contributed by atoms with Gasteiger partial charge in [0.1, 0.15) is 0 Å². The summed E-state index contributed by atoms with van der Waals surface area (Å²) in [6.45, 7) is 3.07. The van der Waals surface area contributed by atoms with Crippen LogP contribution in [0.4, 0.5) is 0 Å². The SMILES string of the molecule is CC1CCC(CCNC(=O)c2ccc(C#N)cc2)CC1. The zero-order valence-corrected chi connectivity index (χ0v) is 12.1. The standard InChI is InChI=1S/C17H22N2O/c1-13-2-4-14(5-3-13)10-11-19-17(20)16-8-6-15(12-18)7-9-16/h6-9,13-14H,2-5,10-11H2,1H3,(H,19,20). The van der Waals surface area contributed by atoms with Gasteiger partial charge >= 0.3 is 0 Å². The summed E-state index contributed by atoms with van der Waals surface area (Å²) in [6.07, 6.45) is 6.33. The van der Waals surface area contributed by atoms with E-state index in [1.807, 2.05) is 0 Å². The molecule has 106 valence electrons. The smallest absolute Gasteiger partial charge is 0.251 e. The Morgan fingerprint density at radius 3 is 2.50 bits per heavy atom. The average molecular weight is 270 g/mol. The lowest BCUT2D eigenvalue weighted by molar-refractivity contribution is 0.0949. The lowest BCUT2D eigenvalue weighted by Gasteiger charge is -2.26. The van der Waals surface area contributed by atoms with E-state index in [9.17, 15) is 4.79 Å². The van der Waals surface area contributed by atoms with Gasteiger partial charge in [-0.2, -0.15) is 5.26 Å². The Hall–Kier alpha value is -1.82. The maximum Gasteiger partial charge on any atom is 0.251 e. The second-order valence-electron chi connectivity index (χ2n) is 5.86. The molecule has 1 aliphatic carbocycles. The third-order valence-electron chi connectivity index (χ3n) is 4.25. The van der Waals surface area contributed by atoms with Crippen molar-refractivity contribution in [2.24, 2.45) is 11.8 Å². The summed E-state index contributed by atoms with van der Waals surface area (Å²) >= 11 is 0. The van der Waals surface area contributed by atoms with Crippen molar-refractivity contribution in [1.29, 1.82) is 5.26 Å². The number of nitriles is 1. The summed E-state index contributed by atoms with van der Waals surface area (Å²) in [7, 11) is 0. The Morgan fingerprint density at radius 1 is 1.25 bits per heavy atom. The largest absolute Gasteiger partial charge is 0.352 e. The average Bonchev–Trinajstić information content (AvgIpc) is 2.49. The summed E-state index contributed by atoms with van der Waals surface area (Å²) in [4.78, 5) is 11.9. The number of hydrogen-bond acceptors (Lipinski definition) is 2. The van der Waals surface area contributed by atoms with Crippen LogP contribution in [-0.2, 0) is 0 Å². The molecule has 0 saturated heterocycles. The van der Waals surface area contributed by atoms with Gasteiger partial charge in [0, 0.05) is 12.1 Å². The van der Waals surface area contributed by atoms with Crippen LogP contribution < -0.4 is 5.32 Å². The van der Waals surface area contributed by atoms with E-state index in [-0.39, 0.29) is 5.91 Å². The molecule has 1 aliphatic rings. The number of benzene rings is 1. The first kappa shape index (κ1) is 14.6. The molecule has 0 bridgehead atoms. The molecule has 0 spiro atoms. The molecule has 20 heavy (non-hydrogen) atoms. The van der Waals surface area contributed by atoms with Gasteiger partial charge in [0.25, 0.3) is 5.91 Å². The van der Waals surface area contributed by atoms with Gasteiger partial charge in [0.05, 0.1) is 11.6 Å². The van der Waals surface area contributed by atoms with Gasteiger partial charge in [0.2, 0.25) is 0 Å². The first-order chi connectivity index (χ1) is 9.69. The van der Waals surface area contributed by atoms with Crippen molar-refractivity contribution in [3.05, 3.63) is 35.4 Å². The van der Waals surface area contributed by atoms with Gasteiger partial charge in [-0.15, -0.1) is 0 Å². The molecule has 3 heteroatoms. The predicted octanol–water partition coefficient (Wildman–Crippen LogP) is 3.50. The van der Waals surface area contributed by atoms with Crippen LogP contribution in [0.3, 0.4) is 0 Å². The Morgan fingerprint density at radius 2 is 1.90 bits per heavy atom. The Kier molecular flexibility index (Phi) is 5.17. The lowest BCUT2D eigenvalue weighted by Crippen LogP contribution is -2.26. The zero-order chi connectivity index (χ0) is 14.4. The van der Waals surface area contributed by atoms with Gasteiger partial charge in [-0.25, -0.2) is 0 Å². The summed E-state index contributed by atoms with van der Waals surface area (Å²) in [6, 6.07) is 8.82. The van der Waals surface area contributed by atoms with E-state index in [4.69, 9.17) is 5.26 Å². The number of rotatable bonds is 4. The minimum Gasteiger partial charge on any atom is -0.352 e. The van der Waals surface area contributed by atoms with Gasteiger partial charge in [-0.1, -0.05) is 32.6 Å². The molecule has 0 heterocycles. The van der Waals surface area contributed by atoms with Crippen molar-refractivity contribution in [3.63, 3.8) is 0 Å². The fourth-order valence-corrected chi connectivity index (χ4v) is 2.81. The van der Waals surface area contributed by atoms with Crippen LogP contribution in [0.5, 0.6) is 0 Å². The third kappa shape index (κ3) is 4.09. The second kappa shape index (κ2) is 7.09. The summed E-state index contributed by atoms with van der Waals surface area (Å²) in [5, 5.41) is 11.7. The highest BCUT2D eigenvalue weighted by Crippen LogP contribution is 2.29. The molecule has 0 aromatic heterocycles. The number of nitrogens with zero attached hydrogens (tertiary/aromatic N) is 1. The van der Waals surface area contributed by atoms with Crippen LogP contribution in [0.1, 0.15) is 54.9 Å². The Bertz CT molecular complexity index is 479. The molecule has 1 saturated carbocycles. The Balaban J connectivity index is 1.73. The summed E-state index contributed by atoms with van der Waals surface area (Å²) < 4.78 is 0. The zero-order valence-electron chi connectivity index (χ0n) is 12.1. The number of carbonyl (C=O) groups is 1. The summed E-state index contributed by atoms with van der Waals surface area (Å²) in [5.41, 5.74) is 1.21. The molecular weight excluding hydrogens is 248 g/mol. The van der Waals surface area contributed by atoms with E-state index < -0.39 is 0 Å². The van der Waals surface area contributed by atoms with Crippen molar-refractivity contribution < 1.29 is 4.79 Å². The number of amides is 1. The fourth-order valence-electron chi connectivity index (χ4n) is 2.81. The van der Waals surface area contributed by atoms with E-state index in [0.29, 0.717) is 11.1 Å². The molecule has 1 fully saturated rings. The molecule has 0 radical (unpaired) electrons. The van der Waals surface area contributed by atoms with Gasteiger partial charge < -0.3 is 5.32 Å². The molecule has 1 N–H and O–H groups in total. The fraction of sp³-hybridized carbons (Fsp3) is 0.529. The lowest BCUT2D eigenvalue weighted by atomic mass is 9.81. The van der Waals surface area contributed by atoms with Crippen molar-refractivity contribution in [1.82, 2.24) is 5.32 Å². The van der Waals surface area contributed by atoms with Crippen LogP contribution in [0, 0.1) is 23.2 Å². The molecule has 2 rings (SSSR count). The molecule has 1 amide bonds. The van der Waals surface area contributed by atoms with E-state index in [2.05, 4.69) is 18.3 Å². The monoisotopic (exact) mass is 270 g/mol. The van der Waals surface area contributed by atoms with Gasteiger partial charge in [-0.3, -0.25) is 4.79 Å². The van der Waals surface area contributed by atoms with E-state index >= 15 is 0 Å². The van der Waals surface area contributed by atoms with Crippen molar-refractivity contribution in [2.75, 3.05) is 6.54 Å². The van der Waals surface area contributed by atoms with Gasteiger partial charge in [0.15, 0.2) is 0 Å². The van der Waals surface area contributed by atoms with Crippen molar-refractivity contribution >= 4 is 5.91 Å². The van der Waals surface area contributed by atoms with Crippen molar-refractivity contribution in [2.45, 2.75) is 39.0 Å². The van der Waals surface area contributed by atoms with Crippen LogP contribution >= 0.6 is 0 Å². The minimum absolute atomic E-state index is 0.0429. The maximum atomic E-state index is 11.9. The second-order valence-corrected chi connectivity index (χ2v) is 5.86. The third-order valence-corrected chi connectivity index (χ3v) is 4.25. The molecule has 1 aromatic rings. The normalized spacial score (nSPS) is 22.0. The van der Waals surface area contributed by atoms with E-state index in [0.717, 1.165) is 24.8 Å². The quantitative estimate of drug-likeness (QED) is 0.910. The first-order valence-electron chi connectivity index (χ1n) is 7.47. The highest BCUT2D eigenvalue weighted by atomic mass is 16.1. The topological polar surface area (TPSA) is 52.9 Å². The predicted molar refractivity (Wildman–Crippen MR) is 79.2 cm³/mol. The van der Waals surface area contributed by atoms with Crippen molar-refractivity contribution in [3.8, 4) is 6.07 Å². The van der Waals surface area contributed by atoms with Crippen LogP contribution in [0.25, 0.3) is 0 Å². The molecule has 3 nitrogen and oxygen atoms in total. The van der Waals surface area contributed by atoms with E-state index in [1.165, 1.54) is 25.7 Å². The van der Waals surface area contributed by atoms with E-state index in [1.54, 1.807) is 24.3 Å². The molecule has 0 atom stereocenters. The minimum atomic E-state index is -0.0429. The molecule has 0 aliphatic heterocycles. The van der Waals surface area contributed by atoms with Crippen LogP contribution in [-0.4, -0.2) is 12.5 Å². The highest BCUT2D eigenvalue weighted by Gasteiger charge is 2.18. The number of hydrogen-bond donors (Lipinski definition) is 1. The maximum absolute atomic E-state index is 11.9. The molecule has 1 aromatic carbocycles. The van der Waals surface area contributed by atoms with Gasteiger partial charge in [-0.05, 0) is 42.5 Å². The van der Waals surface area contributed by atoms with Crippen LogP contribution in [0.2, 0.25) is 0 Å². The first-order valence-corrected chi connectivity index (χ1v) is 7.47. The number of nitrogens with one attached hydrogen (secondary N) is 1. The highest BCUT2D eigenvalue weighted by molar-refractivity contribution is 5.94. The number of carbonyl (C=O) groups excluding carboxylic acids is 1. The van der Waals surface area contributed by atoms with Crippen LogP contribution in [0.15, 0.2) is 24.3 Å². The Labute approximate surface area is 121 Å². The summed E-state index contributed by atoms with van der Waals surface area (Å²) in [5.74, 6) is 1.60. The molecule has 0 unspecified atom stereocenters. The molecular formula is C17H22N2O.